The molecule has 3 aliphatic heterocycles. The van der Waals surface area contributed by atoms with Crippen molar-refractivity contribution in [3.05, 3.63) is 81.3 Å². The third-order valence-electron chi connectivity index (χ3n) is 8.95. The van der Waals surface area contributed by atoms with Crippen molar-refractivity contribution in [2.75, 3.05) is 24.5 Å². The molecule has 0 bridgehead atoms. The number of anilines is 1. The van der Waals surface area contributed by atoms with Crippen molar-refractivity contribution in [1.82, 2.24) is 20.5 Å². The van der Waals surface area contributed by atoms with Crippen LogP contribution in [0.25, 0.3) is 0 Å². The highest BCUT2D eigenvalue weighted by molar-refractivity contribution is 7.09. The molecule has 3 aromatic rings. The molecule has 3 saturated heterocycles. The zero-order chi connectivity index (χ0) is 29.9. The second-order valence-corrected chi connectivity index (χ2v) is 12.9. The van der Waals surface area contributed by atoms with Gasteiger partial charge in [0.05, 0.1) is 18.2 Å². The van der Waals surface area contributed by atoms with E-state index in [2.05, 4.69) is 15.6 Å². The summed E-state index contributed by atoms with van der Waals surface area (Å²) in [6.45, 7) is 4.08. The van der Waals surface area contributed by atoms with E-state index < -0.39 is 18.4 Å². The maximum atomic E-state index is 14.0. The van der Waals surface area contributed by atoms with Gasteiger partial charge in [0.15, 0.2) is 0 Å². The van der Waals surface area contributed by atoms with Crippen molar-refractivity contribution in [2.45, 2.75) is 82.3 Å². The summed E-state index contributed by atoms with van der Waals surface area (Å²) in [5, 5.41) is 31.5. The molecule has 6 rings (SSSR count). The van der Waals surface area contributed by atoms with Crippen molar-refractivity contribution in [1.29, 1.82) is 0 Å². The number of aromatic nitrogens is 1. The van der Waals surface area contributed by atoms with E-state index in [9.17, 15) is 19.8 Å². The number of carbonyl (C=O) groups excluding carboxylic acids is 2. The van der Waals surface area contributed by atoms with Crippen LogP contribution in [0.1, 0.15) is 81.5 Å². The quantitative estimate of drug-likeness (QED) is 0.294. The summed E-state index contributed by atoms with van der Waals surface area (Å²) in [6, 6.07) is 14.4. The van der Waals surface area contributed by atoms with Gasteiger partial charge >= 0.3 is 0 Å². The Morgan fingerprint density at radius 1 is 1.07 bits per heavy atom. The molecule has 4 heterocycles. The molecule has 1 aromatic heterocycles. The van der Waals surface area contributed by atoms with Crippen LogP contribution in [0, 0.1) is 6.92 Å². The first-order valence-electron chi connectivity index (χ1n) is 15.5. The topological polar surface area (TPSA) is 118 Å². The van der Waals surface area contributed by atoms with Crippen LogP contribution >= 0.6 is 11.3 Å². The summed E-state index contributed by atoms with van der Waals surface area (Å²) in [4.78, 5) is 36.4. The van der Waals surface area contributed by atoms with E-state index >= 15 is 0 Å². The van der Waals surface area contributed by atoms with Crippen molar-refractivity contribution in [2.24, 2.45) is 0 Å². The average molecular weight is 604 g/mol. The summed E-state index contributed by atoms with van der Waals surface area (Å²) in [5.74, 6) is -0.493. The molecule has 5 atom stereocenters. The van der Waals surface area contributed by atoms with Gasteiger partial charge in [0, 0.05) is 47.0 Å². The highest BCUT2D eigenvalue weighted by Crippen LogP contribution is 2.36. The fourth-order valence-electron chi connectivity index (χ4n) is 6.70. The fourth-order valence-corrected chi connectivity index (χ4v) is 7.64. The number of hydrogen-bond acceptors (Lipinski definition) is 8. The van der Waals surface area contributed by atoms with Crippen molar-refractivity contribution in [3.63, 3.8) is 0 Å². The molecule has 10 heteroatoms. The number of likely N-dealkylation sites (tertiary alicyclic amines) is 1. The zero-order valence-electron chi connectivity index (χ0n) is 24.6. The van der Waals surface area contributed by atoms with Crippen LogP contribution in [0.3, 0.4) is 0 Å². The number of aryl methyl sites for hydroxylation is 1. The molecule has 1 unspecified atom stereocenters. The van der Waals surface area contributed by atoms with Crippen LogP contribution in [-0.2, 0) is 6.42 Å². The normalized spacial score (nSPS) is 23.5. The highest BCUT2D eigenvalue weighted by Gasteiger charge is 2.35. The molecule has 3 aliphatic rings. The van der Waals surface area contributed by atoms with Crippen molar-refractivity contribution >= 4 is 28.8 Å². The van der Waals surface area contributed by atoms with Crippen molar-refractivity contribution in [3.8, 4) is 0 Å². The first-order valence-corrected chi connectivity index (χ1v) is 16.3. The maximum Gasteiger partial charge on any atom is 0.254 e. The summed E-state index contributed by atoms with van der Waals surface area (Å²) in [7, 11) is 0. The van der Waals surface area contributed by atoms with Crippen LogP contribution in [0.2, 0.25) is 0 Å². The van der Waals surface area contributed by atoms with Gasteiger partial charge in [0.2, 0.25) is 0 Å². The molecule has 2 aromatic carbocycles. The van der Waals surface area contributed by atoms with Gasteiger partial charge < -0.3 is 30.6 Å². The summed E-state index contributed by atoms with van der Waals surface area (Å²) in [5.41, 5.74) is 3.37. The van der Waals surface area contributed by atoms with E-state index in [0.29, 0.717) is 42.7 Å². The predicted molar refractivity (Wildman–Crippen MR) is 167 cm³/mol. The van der Waals surface area contributed by atoms with E-state index in [-0.39, 0.29) is 23.9 Å². The summed E-state index contributed by atoms with van der Waals surface area (Å²) >= 11 is 1.58. The molecule has 3 fully saturated rings. The minimum Gasteiger partial charge on any atom is -0.389 e. The van der Waals surface area contributed by atoms with Crippen LogP contribution in [0.15, 0.2) is 53.9 Å². The van der Waals surface area contributed by atoms with E-state index in [1.807, 2.05) is 52.4 Å². The van der Waals surface area contributed by atoms with Crippen LogP contribution in [-0.4, -0.2) is 76.0 Å². The monoisotopic (exact) mass is 603 g/mol. The predicted octanol–water partition coefficient (Wildman–Crippen LogP) is 3.80. The number of nitrogens with one attached hydrogen (secondary N) is 2. The average Bonchev–Trinajstić information content (AvgIpc) is 3.84. The lowest BCUT2D eigenvalue weighted by molar-refractivity contribution is 0.0733. The van der Waals surface area contributed by atoms with Gasteiger partial charge in [-0.2, -0.15) is 0 Å². The fraction of sp³-hybridized carbons (Fsp3) is 0.485. The number of thiazole rings is 1. The Labute approximate surface area is 256 Å². The SMILES string of the molecule is Cc1csc([C@H]2CCCN2C(=O)c2cc(C(=O)N[C@@H](Cc3ccccc3)[C@H](O)[C@H]3CCCN3)cc(N3CCCC3O)c2)n1. The van der Waals surface area contributed by atoms with Gasteiger partial charge in [-0.25, -0.2) is 4.98 Å². The molecule has 228 valence electrons. The van der Waals surface area contributed by atoms with Crippen LogP contribution < -0.4 is 15.5 Å². The first kappa shape index (κ1) is 29.7. The van der Waals surface area contributed by atoms with Gasteiger partial charge in [0.25, 0.3) is 11.8 Å². The third kappa shape index (κ3) is 6.62. The van der Waals surface area contributed by atoms with E-state index in [0.717, 1.165) is 54.9 Å². The van der Waals surface area contributed by atoms with Gasteiger partial charge in [-0.3, -0.25) is 9.59 Å². The smallest absolute Gasteiger partial charge is 0.254 e. The number of rotatable bonds is 9. The Morgan fingerprint density at radius 2 is 1.86 bits per heavy atom. The lowest BCUT2D eigenvalue weighted by atomic mass is 9.95. The Hall–Kier alpha value is -3.31. The van der Waals surface area contributed by atoms with E-state index in [1.165, 1.54) is 0 Å². The van der Waals surface area contributed by atoms with Crippen molar-refractivity contribution < 1.29 is 19.8 Å². The number of aliphatic hydroxyl groups is 2. The molecule has 4 N–H and O–H groups in total. The molecule has 0 spiro atoms. The van der Waals surface area contributed by atoms with Crippen LogP contribution in [0.4, 0.5) is 5.69 Å². The van der Waals surface area contributed by atoms with Gasteiger partial charge in [-0.05, 0) is 82.2 Å². The molecule has 43 heavy (non-hydrogen) atoms. The Kier molecular flexibility index (Phi) is 9.09. The lowest BCUT2D eigenvalue weighted by Crippen LogP contribution is -2.52. The molecular weight excluding hydrogens is 562 g/mol. The minimum absolute atomic E-state index is 0.0891. The minimum atomic E-state index is -0.775. The molecule has 0 aliphatic carbocycles. The second-order valence-electron chi connectivity index (χ2n) is 12.0. The Bertz CT molecular complexity index is 1430. The largest absolute Gasteiger partial charge is 0.389 e. The number of benzene rings is 2. The number of carbonyl (C=O) groups is 2. The lowest BCUT2D eigenvalue weighted by Gasteiger charge is -2.29. The van der Waals surface area contributed by atoms with Gasteiger partial charge in [-0.15, -0.1) is 11.3 Å². The molecule has 0 saturated carbocycles. The summed E-state index contributed by atoms with van der Waals surface area (Å²) < 4.78 is 0. The number of aliphatic hydroxyl groups excluding tert-OH is 2. The van der Waals surface area contributed by atoms with E-state index in [4.69, 9.17) is 0 Å². The Morgan fingerprint density at radius 3 is 2.56 bits per heavy atom. The number of nitrogens with zero attached hydrogens (tertiary/aromatic N) is 3. The van der Waals surface area contributed by atoms with Gasteiger partial charge in [-0.1, -0.05) is 30.3 Å². The number of amides is 2. The zero-order valence-corrected chi connectivity index (χ0v) is 25.4. The van der Waals surface area contributed by atoms with Crippen LogP contribution in [0.5, 0.6) is 0 Å². The highest BCUT2D eigenvalue weighted by atomic mass is 32.1. The van der Waals surface area contributed by atoms with E-state index in [1.54, 1.807) is 29.5 Å². The Balaban J connectivity index is 1.30. The molecule has 0 radical (unpaired) electrons. The molecular formula is C33H41N5O4S. The molecule has 2 amide bonds. The third-order valence-corrected chi connectivity index (χ3v) is 10.0. The number of hydrogen-bond donors (Lipinski definition) is 4. The maximum absolute atomic E-state index is 14.0. The molecule has 9 nitrogen and oxygen atoms in total. The summed E-state index contributed by atoms with van der Waals surface area (Å²) in [6.07, 6.45) is 4.08. The van der Waals surface area contributed by atoms with Gasteiger partial charge in [0.1, 0.15) is 11.2 Å². The standard InChI is InChI=1S/C33H41N5O4S/c1-21-20-43-32(35-21)28-11-6-15-38(28)33(42)24-17-23(18-25(19-24)37-14-7-12-29(37)39)31(41)36-27(16-22-8-3-2-4-9-22)30(40)26-10-5-13-34-26/h2-4,8-9,17-20,26-30,34,39-40H,5-7,10-16H2,1H3,(H,36,41)/t26-,27+,28-,29?,30-/m1/s1. The second kappa shape index (κ2) is 13.1. The first-order chi connectivity index (χ1) is 20.9.